The SMILES string of the molecule is CC1=N/C(=C/c2cc(Br)cc(Br)c2OCc2ccccc2)C(=O)O1. The number of ether oxygens (including phenoxy) is 2. The van der Waals surface area contributed by atoms with E-state index in [1.165, 1.54) is 0 Å². The van der Waals surface area contributed by atoms with E-state index in [9.17, 15) is 4.79 Å². The molecule has 0 amide bonds. The van der Waals surface area contributed by atoms with Crippen molar-refractivity contribution < 1.29 is 14.3 Å². The third-order valence-corrected chi connectivity index (χ3v) is 4.33. The maximum Gasteiger partial charge on any atom is 0.363 e. The summed E-state index contributed by atoms with van der Waals surface area (Å²) in [6.07, 6.45) is 1.66. The highest BCUT2D eigenvalue weighted by Gasteiger charge is 2.21. The van der Waals surface area contributed by atoms with E-state index in [-0.39, 0.29) is 5.70 Å². The first-order valence-corrected chi connectivity index (χ1v) is 8.76. The van der Waals surface area contributed by atoms with Crippen molar-refractivity contribution >= 4 is 49.8 Å². The van der Waals surface area contributed by atoms with E-state index in [0.29, 0.717) is 18.3 Å². The molecule has 0 bridgehead atoms. The van der Waals surface area contributed by atoms with Crippen molar-refractivity contribution in [3.63, 3.8) is 0 Å². The van der Waals surface area contributed by atoms with Crippen LogP contribution in [0.15, 0.2) is 62.1 Å². The van der Waals surface area contributed by atoms with Crippen molar-refractivity contribution in [3.05, 3.63) is 68.2 Å². The Morgan fingerprint density at radius 1 is 1.21 bits per heavy atom. The molecule has 0 atom stereocenters. The molecule has 4 nitrogen and oxygen atoms in total. The molecule has 1 aliphatic rings. The lowest BCUT2D eigenvalue weighted by atomic mass is 10.1. The Morgan fingerprint density at radius 3 is 2.62 bits per heavy atom. The molecule has 0 saturated heterocycles. The van der Waals surface area contributed by atoms with Crippen LogP contribution in [0.3, 0.4) is 0 Å². The van der Waals surface area contributed by atoms with Gasteiger partial charge in [0.2, 0.25) is 0 Å². The minimum Gasteiger partial charge on any atom is -0.487 e. The molecule has 0 spiro atoms. The van der Waals surface area contributed by atoms with Gasteiger partial charge in [0, 0.05) is 17.0 Å². The van der Waals surface area contributed by atoms with Gasteiger partial charge in [0.1, 0.15) is 12.4 Å². The molecule has 0 aliphatic carbocycles. The number of rotatable bonds is 4. The van der Waals surface area contributed by atoms with Gasteiger partial charge in [0.05, 0.1) is 4.47 Å². The van der Waals surface area contributed by atoms with Gasteiger partial charge in [-0.2, -0.15) is 0 Å². The summed E-state index contributed by atoms with van der Waals surface area (Å²) in [7, 11) is 0. The second-order valence-electron chi connectivity index (χ2n) is 5.13. The fourth-order valence-corrected chi connectivity index (χ4v) is 3.61. The topological polar surface area (TPSA) is 47.9 Å². The van der Waals surface area contributed by atoms with Crippen LogP contribution in [0.4, 0.5) is 0 Å². The average molecular weight is 451 g/mol. The second-order valence-corrected chi connectivity index (χ2v) is 6.90. The van der Waals surface area contributed by atoms with Crippen LogP contribution in [0.25, 0.3) is 6.08 Å². The zero-order chi connectivity index (χ0) is 17.1. The van der Waals surface area contributed by atoms with Crippen molar-refractivity contribution in [3.8, 4) is 5.75 Å². The minimum atomic E-state index is -0.461. The molecule has 0 aromatic heterocycles. The molecule has 1 aliphatic heterocycles. The van der Waals surface area contributed by atoms with E-state index < -0.39 is 5.97 Å². The van der Waals surface area contributed by atoms with Crippen LogP contribution in [0.1, 0.15) is 18.1 Å². The third-order valence-electron chi connectivity index (χ3n) is 3.28. The summed E-state index contributed by atoms with van der Waals surface area (Å²) in [6.45, 7) is 2.06. The first kappa shape index (κ1) is 16.9. The van der Waals surface area contributed by atoms with Gasteiger partial charge in [0.15, 0.2) is 11.6 Å². The molecule has 0 radical (unpaired) electrons. The van der Waals surface area contributed by atoms with Crippen LogP contribution in [-0.4, -0.2) is 11.9 Å². The van der Waals surface area contributed by atoms with E-state index in [2.05, 4.69) is 36.9 Å². The largest absolute Gasteiger partial charge is 0.487 e. The smallest absolute Gasteiger partial charge is 0.363 e. The van der Waals surface area contributed by atoms with Gasteiger partial charge in [0.25, 0.3) is 0 Å². The van der Waals surface area contributed by atoms with Gasteiger partial charge in [-0.1, -0.05) is 46.3 Å². The zero-order valence-corrected chi connectivity index (χ0v) is 15.9. The fraction of sp³-hybridized carbons (Fsp3) is 0.111. The summed E-state index contributed by atoms with van der Waals surface area (Å²) in [4.78, 5) is 15.9. The summed E-state index contributed by atoms with van der Waals surface area (Å²) >= 11 is 6.96. The van der Waals surface area contributed by atoms with Crippen LogP contribution in [0.5, 0.6) is 5.75 Å². The summed E-state index contributed by atoms with van der Waals surface area (Å²) in [6, 6.07) is 13.6. The highest BCUT2D eigenvalue weighted by molar-refractivity contribution is 9.11. The predicted molar refractivity (Wildman–Crippen MR) is 99.8 cm³/mol. The molecule has 122 valence electrons. The Kier molecular flexibility index (Phi) is 5.16. The molecule has 2 aromatic carbocycles. The summed E-state index contributed by atoms with van der Waals surface area (Å²) in [5.74, 6) is 0.520. The molecule has 3 rings (SSSR count). The molecule has 6 heteroatoms. The predicted octanol–water partition coefficient (Wildman–Crippen LogP) is 5.11. The lowest BCUT2D eigenvalue weighted by molar-refractivity contribution is -0.130. The number of cyclic esters (lactones) is 1. The lowest BCUT2D eigenvalue weighted by Gasteiger charge is -2.12. The van der Waals surface area contributed by atoms with E-state index in [0.717, 1.165) is 20.1 Å². The molecule has 24 heavy (non-hydrogen) atoms. The normalized spacial score (nSPS) is 15.4. The molecule has 0 saturated carbocycles. The molecular formula is C18H13Br2NO3. The molecule has 0 unspecified atom stereocenters. The van der Waals surface area contributed by atoms with Crippen LogP contribution in [0, 0.1) is 0 Å². The zero-order valence-electron chi connectivity index (χ0n) is 12.8. The van der Waals surface area contributed by atoms with E-state index in [4.69, 9.17) is 9.47 Å². The highest BCUT2D eigenvalue weighted by Crippen LogP contribution is 2.35. The van der Waals surface area contributed by atoms with Crippen molar-refractivity contribution in [1.29, 1.82) is 0 Å². The van der Waals surface area contributed by atoms with Crippen LogP contribution in [0.2, 0.25) is 0 Å². The van der Waals surface area contributed by atoms with Crippen molar-refractivity contribution in [1.82, 2.24) is 0 Å². The second kappa shape index (κ2) is 7.32. The number of nitrogens with zero attached hydrogens (tertiary/aromatic N) is 1. The van der Waals surface area contributed by atoms with Crippen molar-refractivity contribution in [2.75, 3.05) is 0 Å². The number of esters is 1. The van der Waals surface area contributed by atoms with Gasteiger partial charge in [-0.25, -0.2) is 9.79 Å². The van der Waals surface area contributed by atoms with Gasteiger partial charge < -0.3 is 9.47 Å². The number of benzene rings is 2. The summed E-state index contributed by atoms with van der Waals surface area (Å²) in [5.41, 5.74) is 2.04. The Bertz CT molecular complexity index is 845. The number of hydrogen-bond acceptors (Lipinski definition) is 4. The maximum atomic E-state index is 11.8. The Morgan fingerprint density at radius 2 is 1.96 bits per heavy atom. The van der Waals surface area contributed by atoms with Crippen molar-refractivity contribution in [2.24, 2.45) is 4.99 Å². The molecule has 0 fully saturated rings. The maximum absolute atomic E-state index is 11.8. The van der Waals surface area contributed by atoms with Gasteiger partial charge in [-0.05, 0) is 39.7 Å². The third kappa shape index (κ3) is 3.94. The Hall–Kier alpha value is -1.92. The van der Waals surface area contributed by atoms with E-state index >= 15 is 0 Å². The molecule has 1 heterocycles. The number of carbonyl (C=O) groups excluding carboxylic acids is 1. The standard InChI is InChI=1S/C18H13Br2NO3/c1-11-21-16(18(22)24-11)8-13-7-14(19)9-15(20)17(13)23-10-12-5-3-2-4-6-12/h2-9H,10H2,1H3/b16-8+. The fourth-order valence-electron chi connectivity index (χ4n) is 2.23. The minimum absolute atomic E-state index is 0.252. The quantitative estimate of drug-likeness (QED) is 0.480. The number of halogens is 2. The van der Waals surface area contributed by atoms with Gasteiger partial charge >= 0.3 is 5.97 Å². The molecule has 0 N–H and O–H groups in total. The van der Waals surface area contributed by atoms with E-state index in [1.54, 1.807) is 13.0 Å². The first-order valence-electron chi connectivity index (χ1n) is 7.18. The van der Waals surface area contributed by atoms with E-state index in [1.807, 2.05) is 42.5 Å². The number of aliphatic imine (C=N–C) groups is 1. The number of carbonyl (C=O) groups is 1. The van der Waals surface area contributed by atoms with Gasteiger partial charge in [-0.15, -0.1) is 0 Å². The van der Waals surface area contributed by atoms with Crippen molar-refractivity contribution in [2.45, 2.75) is 13.5 Å². The average Bonchev–Trinajstić information content (AvgIpc) is 2.85. The molecular weight excluding hydrogens is 438 g/mol. The monoisotopic (exact) mass is 449 g/mol. The van der Waals surface area contributed by atoms with Crippen LogP contribution < -0.4 is 4.74 Å². The summed E-state index contributed by atoms with van der Waals surface area (Å²) < 4.78 is 12.6. The Labute approximate surface area is 156 Å². The van der Waals surface area contributed by atoms with Gasteiger partial charge in [-0.3, -0.25) is 0 Å². The summed E-state index contributed by atoms with van der Waals surface area (Å²) in [5, 5.41) is 0. The lowest BCUT2D eigenvalue weighted by Crippen LogP contribution is -2.01. The van der Waals surface area contributed by atoms with Crippen LogP contribution >= 0.6 is 31.9 Å². The first-order chi connectivity index (χ1) is 11.5. The molecule has 2 aromatic rings. The highest BCUT2D eigenvalue weighted by atomic mass is 79.9. The number of hydrogen-bond donors (Lipinski definition) is 0. The van der Waals surface area contributed by atoms with Crippen LogP contribution in [-0.2, 0) is 16.1 Å². The Balaban J connectivity index is 1.94.